The Bertz CT molecular complexity index is 669. The summed E-state index contributed by atoms with van der Waals surface area (Å²) in [5, 5.41) is 5.89. The Morgan fingerprint density at radius 2 is 1.62 bits per heavy atom. The van der Waals surface area contributed by atoms with Gasteiger partial charge >= 0.3 is 5.97 Å². The van der Waals surface area contributed by atoms with Crippen LogP contribution in [-0.4, -0.2) is 84.6 Å². The first-order valence-electron chi connectivity index (χ1n) is 12.0. The van der Waals surface area contributed by atoms with Crippen LogP contribution < -0.4 is 10.6 Å². The molecule has 0 rings (SSSR count). The Labute approximate surface area is 208 Å². The highest BCUT2D eigenvalue weighted by atomic mass is 32.2. The molecule has 0 saturated heterocycles. The van der Waals surface area contributed by atoms with Crippen molar-refractivity contribution in [2.45, 2.75) is 78.8 Å². The summed E-state index contributed by atoms with van der Waals surface area (Å²) in [4.78, 5) is 61.1. The molecule has 9 nitrogen and oxygen atoms in total. The summed E-state index contributed by atoms with van der Waals surface area (Å²) >= 11 is 1.40. The fourth-order valence-electron chi connectivity index (χ4n) is 2.79. The number of Topliss-reactive ketones (excluding diaryl/α,β-unsaturated/α-hetero) is 2. The summed E-state index contributed by atoms with van der Waals surface area (Å²) < 4.78 is 5.05. The quantitative estimate of drug-likeness (QED) is 0.203. The number of thioether (sulfide) groups is 1. The van der Waals surface area contributed by atoms with Crippen molar-refractivity contribution in [3.8, 4) is 0 Å². The van der Waals surface area contributed by atoms with E-state index in [0.29, 0.717) is 36.8 Å². The van der Waals surface area contributed by atoms with Crippen molar-refractivity contribution >= 4 is 41.1 Å². The molecule has 0 heterocycles. The van der Waals surface area contributed by atoms with Crippen molar-refractivity contribution in [1.82, 2.24) is 15.5 Å². The van der Waals surface area contributed by atoms with Gasteiger partial charge in [0.1, 0.15) is 12.4 Å². The fraction of sp³-hybridized carbons (Fsp3) is 0.792. The van der Waals surface area contributed by atoms with E-state index in [0.717, 1.165) is 6.54 Å². The molecule has 0 aromatic heterocycles. The largest absolute Gasteiger partial charge is 0.465 e. The number of esters is 1. The first-order chi connectivity index (χ1) is 15.9. The summed E-state index contributed by atoms with van der Waals surface area (Å²) in [6, 6.07) is -0.232. The van der Waals surface area contributed by atoms with Crippen LogP contribution in [0.3, 0.4) is 0 Å². The summed E-state index contributed by atoms with van der Waals surface area (Å²) in [5.74, 6) is -0.174. The van der Waals surface area contributed by atoms with E-state index >= 15 is 0 Å². The smallest absolute Gasteiger partial charge is 0.308 e. The lowest BCUT2D eigenvalue weighted by Gasteiger charge is -2.19. The van der Waals surface area contributed by atoms with Gasteiger partial charge < -0.3 is 20.3 Å². The van der Waals surface area contributed by atoms with Gasteiger partial charge in [0.25, 0.3) is 0 Å². The molecule has 0 aliphatic carbocycles. The van der Waals surface area contributed by atoms with Crippen LogP contribution in [-0.2, 0) is 28.7 Å². The molecule has 34 heavy (non-hydrogen) atoms. The number of nitrogens with zero attached hydrogens (tertiary/aromatic N) is 1. The summed E-state index contributed by atoms with van der Waals surface area (Å²) in [6.07, 6.45) is 1.95. The topological polar surface area (TPSA) is 122 Å². The van der Waals surface area contributed by atoms with E-state index in [1.54, 1.807) is 20.8 Å². The highest BCUT2D eigenvalue weighted by Crippen LogP contribution is 2.07. The van der Waals surface area contributed by atoms with Gasteiger partial charge in [-0.05, 0) is 26.3 Å². The van der Waals surface area contributed by atoms with Crippen LogP contribution >= 0.6 is 11.8 Å². The van der Waals surface area contributed by atoms with Gasteiger partial charge in [-0.3, -0.25) is 24.0 Å². The van der Waals surface area contributed by atoms with Crippen LogP contribution in [0.5, 0.6) is 0 Å². The average molecular weight is 502 g/mol. The van der Waals surface area contributed by atoms with Crippen LogP contribution in [0.1, 0.15) is 66.7 Å². The van der Waals surface area contributed by atoms with Crippen LogP contribution in [0.15, 0.2) is 0 Å². The van der Waals surface area contributed by atoms with Crippen molar-refractivity contribution in [3.05, 3.63) is 0 Å². The van der Waals surface area contributed by atoms with Crippen molar-refractivity contribution in [2.75, 3.05) is 38.2 Å². The zero-order valence-electron chi connectivity index (χ0n) is 21.6. The SMILES string of the molecule is CC(C)NCCCC(=O)[C@H](C)NC(=O)CN(C)C(=O)CCCC(=O)CSCCOC(=O)C(C)C. The van der Waals surface area contributed by atoms with Crippen molar-refractivity contribution in [1.29, 1.82) is 0 Å². The molecule has 0 aromatic rings. The average Bonchev–Trinajstić information content (AvgIpc) is 2.75. The van der Waals surface area contributed by atoms with Crippen LogP contribution in [0.4, 0.5) is 0 Å². The molecular formula is C24H43N3O6S. The van der Waals surface area contributed by atoms with Gasteiger partial charge in [-0.1, -0.05) is 27.7 Å². The number of hydrogen-bond acceptors (Lipinski definition) is 8. The molecule has 1 atom stereocenters. The lowest BCUT2D eigenvalue weighted by Crippen LogP contribution is -2.44. The van der Waals surface area contributed by atoms with Crippen LogP contribution in [0, 0.1) is 5.92 Å². The lowest BCUT2D eigenvalue weighted by atomic mass is 10.1. The van der Waals surface area contributed by atoms with Crippen LogP contribution in [0.25, 0.3) is 0 Å². The zero-order valence-corrected chi connectivity index (χ0v) is 22.4. The van der Waals surface area contributed by atoms with Crippen molar-refractivity contribution in [2.24, 2.45) is 5.92 Å². The normalized spacial score (nSPS) is 11.9. The number of nitrogens with one attached hydrogen (secondary N) is 2. The van der Waals surface area contributed by atoms with Gasteiger partial charge in [0.2, 0.25) is 11.8 Å². The molecule has 0 aliphatic heterocycles. The van der Waals surface area contributed by atoms with Crippen LogP contribution in [0.2, 0.25) is 0 Å². The van der Waals surface area contributed by atoms with Gasteiger partial charge in [-0.15, -0.1) is 0 Å². The molecule has 10 heteroatoms. The molecule has 0 bridgehead atoms. The zero-order chi connectivity index (χ0) is 26.1. The molecule has 0 saturated carbocycles. The second kappa shape index (κ2) is 18.4. The molecule has 0 aliphatic rings. The van der Waals surface area contributed by atoms with E-state index in [1.807, 2.05) is 13.8 Å². The maximum atomic E-state index is 12.2. The van der Waals surface area contributed by atoms with Gasteiger partial charge in [0.05, 0.1) is 24.3 Å². The van der Waals surface area contributed by atoms with E-state index in [4.69, 9.17) is 4.74 Å². The lowest BCUT2D eigenvalue weighted by molar-refractivity contribution is -0.146. The number of ketones is 2. The number of likely N-dealkylation sites (N-methyl/N-ethyl adjacent to an activating group) is 1. The number of carbonyl (C=O) groups is 5. The van der Waals surface area contributed by atoms with Gasteiger partial charge in [-0.2, -0.15) is 11.8 Å². The number of amides is 2. The minimum Gasteiger partial charge on any atom is -0.465 e. The molecule has 0 spiro atoms. The van der Waals surface area contributed by atoms with E-state index in [9.17, 15) is 24.0 Å². The molecule has 196 valence electrons. The molecule has 0 fully saturated rings. The predicted molar refractivity (Wildman–Crippen MR) is 135 cm³/mol. The van der Waals surface area contributed by atoms with E-state index in [1.165, 1.54) is 23.7 Å². The molecule has 2 N–H and O–H groups in total. The third-order valence-electron chi connectivity index (χ3n) is 4.87. The van der Waals surface area contributed by atoms with Gasteiger partial charge in [0.15, 0.2) is 5.78 Å². The van der Waals surface area contributed by atoms with Crippen molar-refractivity contribution < 1.29 is 28.7 Å². The van der Waals surface area contributed by atoms with Crippen molar-refractivity contribution in [3.63, 3.8) is 0 Å². The molecular weight excluding hydrogens is 458 g/mol. The second-order valence-electron chi connectivity index (χ2n) is 8.98. The minimum atomic E-state index is -0.598. The number of ether oxygens (including phenoxy) is 1. The highest BCUT2D eigenvalue weighted by molar-refractivity contribution is 7.99. The Morgan fingerprint density at radius 1 is 0.941 bits per heavy atom. The Kier molecular flexibility index (Phi) is 17.3. The highest BCUT2D eigenvalue weighted by Gasteiger charge is 2.18. The third kappa shape index (κ3) is 16.6. The second-order valence-corrected chi connectivity index (χ2v) is 10.1. The molecule has 2 amide bonds. The minimum absolute atomic E-state index is 0.0318. The van der Waals surface area contributed by atoms with E-state index in [-0.39, 0.29) is 61.3 Å². The Hall–Kier alpha value is -1.94. The summed E-state index contributed by atoms with van der Waals surface area (Å²) in [7, 11) is 1.53. The predicted octanol–water partition coefficient (Wildman–Crippen LogP) is 1.97. The summed E-state index contributed by atoms with van der Waals surface area (Å²) in [6.45, 7) is 10.1. The van der Waals surface area contributed by atoms with E-state index in [2.05, 4.69) is 10.6 Å². The van der Waals surface area contributed by atoms with Gasteiger partial charge in [0, 0.05) is 38.1 Å². The van der Waals surface area contributed by atoms with Gasteiger partial charge in [-0.25, -0.2) is 0 Å². The molecule has 0 aromatic carbocycles. The third-order valence-corrected chi connectivity index (χ3v) is 5.85. The number of hydrogen-bond donors (Lipinski definition) is 2. The first-order valence-corrected chi connectivity index (χ1v) is 13.1. The fourth-order valence-corrected chi connectivity index (χ4v) is 3.51. The Balaban J connectivity index is 4.00. The van der Waals surface area contributed by atoms with E-state index < -0.39 is 6.04 Å². The Morgan fingerprint density at radius 3 is 2.24 bits per heavy atom. The standard InChI is InChI=1S/C24H43N3O6S/c1-17(2)24(32)33-13-14-34-16-20(28)9-7-11-23(31)27(6)15-22(30)26-19(5)21(29)10-8-12-25-18(3)4/h17-19,25H,7-16H2,1-6H3,(H,26,30)/t19-/m0/s1. The first kappa shape index (κ1) is 32.1. The number of rotatable bonds is 19. The number of carbonyl (C=O) groups excluding carboxylic acids is 5. The summed E-state index contributed by atoms with van der Waals surface area (Å²) in [5.41, 5.74) is 0. The molecule has 0 radical (unpaired) electrons. The molecule has 0 unspecified atom stereocenters. The maximum Gasteiger partial charge on any atom is 0.308 e. The monoisotopic (exact) mass is 501 g/mol. The maximum absolute atomic E-state index is 12.2.